The van der Waals surface area contributed by atoms with Crippen LogP contribution in [0.15, 0.2) is 57.6 Å². The zero-order chi connectivity index (χ0) is 14.8. The zero-order valence-electron chi connectivity index (χ0n) is 10.9. The van der Waals surface area contributed by atoms with Gasteiger partial charge in [0.1, 0.15) is 11.6 Å². The minimum atomic E-state index is -0.230. The van der Waals surface area contributed by atoms with Crippen LogP contribution in [0.3, 0.4) is 0 Å². The van der Waals surface area contributed by atoms with Crippen molar-refractivity contribution in [1.82, 2.24) is 4.98 Å². The predicted molar refractivity (Wildman–Crippen MR) is 90.9 cm³/mol. The SMILES string of the molecule is Fc1ccc(Br)cc1CNc1nccc2c(Br)cccc12. The molecular weight excluding hydrogens is 399 g/mol. The van der Waals surface area contributed by atoms with Gasteiger partial charge in [0.25, 0.3) is 0 Å². The van der Waals surface area contributed by atoms with Crippen molar-refractivity contribution in [3.63, 3.8) is 0 Å². The second kappa shape index (κ2) is 6.12. The highest BCUT2D eigenvalue weighted by atomic mass is 79.9. The van der Waals surface area contributed by atoms with Crippen LogP contribution in [0.4, 0.5) is 10.2 Å². The summed E-state index contributed by atoms with van der Waals surface area (Å²) in [4.78, 5) is 4.35. The first kappa shape index (κ1) is 14.5. The van der Waals surface area contributed by atoms with Crippen molar-refractivity contribution in [1.29, 1.82) is 0 Å². The van der Waals surface area contributed by atoms with E-state index in [1.54, 1.807) is 18.3 Å². The summed E-state index contributed by atoms with van der Waals surface area (Å²) in [5.74, 6) is 0.514. The molecule has 1 N–H and O–H groups in total. The van der Waals surface area contributed by atoms with E-state index in [2.05, 4.69) is 42.2 Å². The van der Waals surface area contributed by atoms with Crippen molar-refractivity contribution in [3.8, 4) is 0 Å². The van der Waals surface area contributed by atoms with Gasteiger partial charge in [-0.05, 0) is 30.3 Å². The van der Waals surface area contributed by atoms with E-state index in [4.69, 9.17) is 0 Å². The van der Waals surface area contributed by atoms with E-state index in [-0.39, 0.29) is 5.82 Å². The zero-order valence-corrected chi connectivity index (χ0v) is 14.1. The Hall–Kier alpha value is -1.46. The van der Waals surface area contributed by atoms with Crippen LogP contribution in [0.2, 0.25) is 0 Å². The molecule has 0 bridgehead atoms. The van der Waals surface area contributed by atoms with Crippen LogP contribution in [-0.2, 0) is 6.54 Å². The van der Waals surface area contributed by atoms with Gasteiger partial charge in [0.05, 0.1) is 0 Å². The van der Waals surface area contributed by atoms with E-state index in [0.29, 0.717) is 12.1 Å². The minimum absolute atomic E-state index is 0.230. The Balaban J connectivity index is 1.92. The summed E-state index contributed by atoms with van der Waals surface area (Å²) in [5.41, 5.74) is 0.596. The van der Waals surface area contributed by atoms with Crippen molar-refractivity contribution in [2.45, 2.75) is 6.54 Å². The molecule has 1 aromatic heterocycles. The Morgan fingerprint density at radius 3 is 2.76 bits per heavy atom. The lowest BCUT2D eigenvalue weighted by atomic mass is 10.1. The smallest absolute Gasteiger partial charge is 0.134 e. The summed E-state index contributed by atoms with van der Waals surface area (Å²) in [5, 5.41) is 5.28. The maximum atomic E-state index is 13.8. The summed E-state index contributed by atoms with van der Waals surface area (Å²) < 4.78 is 15.6. The molecule has 3 rings (SSSR count). The predicted octanol–water partition coefficient (Wildman–Crippen LogP) is 5.51. The Morgan fingerprint density at radius 2 is 1.90 bits per heavy atom. The van der Waals surface area contributed by atoms with Crippen LogP contribution in [0.5, 0.6) is 0 Å². The van der Waals surface area contributed by atoms with Gasteiger partial charge in [-0.25, -0.2) is 9.37 Å². The van der Waals surface area contributed by atoms with Crippen LogP contribution in [0.1, 0.15) is 5.56 Å². The number of benzene rings is 2. The lowest BCUT2D eigenvalue weighted by Gasteiger charge is -2.10. The molecule has 0 saturated heterocycles. The van der Waals surface area contributed by atoms with Crippen molar-refractivity contribution < 1.29 is 4.39 Å². The van der Waals surface area contributed by atoms with Crippen molar-refractivity contribution >= 4 is 48.5 Å². The molecule has 3 aromatic rings. The first-order valence-corrected chi connectivity index (χ1v) is 7.95. The molecule has 0 radical (unpaired) electrons. The highest BCUT2D eigenvalue weighted by Gasteiger charge is 2.07. The van der Waals surface area contributed by atoms with E-state index >= 15 is 0 Å². The molecule has 21 heavy (non-hydrogen) atoms. The van der Waals surface area contributed by atoms with E-state index in [1.165, 1.54) is 6.07 Å². The van der Waals surface area contributed by atoms with Crippen molar-refractivity contribution in [2.24, 2.45) is 0 Å². The summed E-state index contributed by atoms with van der Waals surface area (Å²) >= 11 is 6.88. The second-order valence-electron chi connectivity index (χ2n) is 4.58. The fraction of sp³-hybridized carbons (Fsp3) is 0.0625. The molecule has 0 fully saturated rings. The molecule has 0 spiro atoms. The molecule has 1 heterocycles. The maximum Gasteiger partial charge on any atom is 0.134 e. The summed E-state index contributed by atoms with van der Waals surface area (Å²) in [7, 11) is 0. The molecule has 106 valence electrons. The van der Waals surface area contributed by atoms with Crippen LogP contribution >= 0.6 is 31.9 Å². The average Bonchev–Trinajstić information content (AvgIpc) is 2.49. The first-order valence-electron chi connectivity index (χ1n) is 6.36. The van der Waals surface area contributed by atoms with Crippen molar-refractivity contribution in [2.75, 3.05) is 5.32 Å². The number of aromatic nitrogens is 1. The highest BCUT2D eigenvalue weighted by Crippen LogP contribution is 2.28. The fourth-order valence-electron chi connectivity index (χ4n) is 2.17. The number of nitrogens with zero attached hydrogens (tertiary/aromatic N) is 1. The van der Waals surface area contributed by atoms with Gasteiger partial charge in [-0.2, -0.15) is 0 Å². The van der Waals surface area contributed by atoms with Gasteiger partial charge in [-0.3, -0.25) is 0 Å². The number of anilines is 1. The topological polar surface area (TPSA) is 24.9 Å². The second-order valence-corrected chi connectivity index (χ2v) is 6.35. The molecule has 0 aliphatic heterocycles. The van der Waals surface area contributed by atoms with Gasteiger partial charge < -0.3 is 5.32 Å². The van der Waals surface area contributed by atoms with E-state index in [0.717, 1.165) is 25.5 Å². The third kappa shape index (κ3) is 3.09. The standard InChI is InChI=1S/C16H11Br2FN2/c17-11-4-5-15(19)10(8-11)9-21-16-13-2-1-3-14(18)12(13)6-7-20-16/h1-8H,9H2,(H,20,21). The van der Waals surface area contributed by atoms with E-state index in [1.807, 2.05) is 24.3 Å². The number of nitrogens with one attached hydrogen (secondary N) is 1. The number of hydrogen-bond acceptors (Lipinski definition) is 2. The number of hydrogen-bond donors (Lipinski definition) is 1. The molecule has 0 amide bonds. The fourth-order valence-corrected chi connectivity index (χ4v) is 3.07. The molecular formula is C16H11Br2FN2. The molecule has 0 aliphatic rings. The summed E-state index contributed by atoms with van der Waals surface area (Å²) in [6, 6.07) is 12.8. The lowest BCUT2D eigenvalue weighted by Crippen LogP contribution is -2.04. The molecule has 5 heteroatoms. The van der Waals surface area contributed by atoms with Crippen LogP contribution in [-0.4, -0.2) is 4.98 Å². The highest BCUT2D eigenvalue weighted by molar-refractivity contribution is 9.11. The van der Waals surface area contributed by atoms with Gasteiger partial charge in [0, 0.05) is 38.0 Å². The number of rotatable bonds is 3. The van der Waals surface area contributed by atoms with Crippen LogP contribution in [0.25, 0.3) is 10.8 Å². The average molecular weight is 410 g/mol. The molecule has 0 saturated carbocycles. The summed E-state index contributed by atoms with van der Waals surface area (Å²) in [6.07, 6.45) is 1.74. The Morgan fingerprint density at radius 1 is 1.05 bits per heavy atom. The van der Waals surface area contributed by atoms with Gasteiger partial charge >= 0.3 is 0 Å². The molecule has 0 aliphatic carbocycles. The van der Waals surface area contributed by atoms with Crippen LogP contribution in [0, 0.1) is 5.82 Å². The monoisotopic (exact) mass is 408 g/mol. The minimum Gasteiger partial charge on any atom is -0.365 e. The Bertz CT molecular complexity index is 805. The van der Waals surface area contributed by atoms with E-state index in [9.17, 15) is 4.39 Å². The summed E-state index contributed by atoms with van der Waals surface area (Å²) in [6.45, 7) is 0.379. The number of halogens is 3. The van der Waals surface area contributed by atoms with Crippen molar-refractivity contribution in [3.05, 3.63) is 69.0 Å². The van der Waals surface area contributed by atoms with Gasteiger partial charge in [0.2, 0.25) is 0 Å². The molecule has 0 atom stereocenters. The van der Waals surface area contributed by atoms with Gasteiger partial charge in [-0.15, -0.1) is 0 Å². The Labute approximate surface area is 138 Å². The maximum absolute atomic E-state index is 13.8. The molecule has 0 unspecified atom stereocenters. The lowest BCUT2D eigenvalue weighted by molar-refractivity contribution is 0.612. The Kier molecular flexibility index (Phi) is 4.22. The normalized spacial score (nSPS) is 10.8. The molecule has 2 aromatic carbocycles. The third-order valence-electron chi connectivity index (χ3n) is 3.21. The van der Waals surface area contributed by atoms with E-state index < -0.39 is 0 Å². The third-order valence-corrected chi connectivity index (χ3v) is 4.39. The quantitative estimate of drug-likeness (QED) is 0.616. The van der Waals surface area contributed by atoms with Gasteiger partial charge in [0.15, 0.2) is 0 Å². The number of pyridine rings is 1. The number of fused-ring (bicyclic) bond motifs is 1. The molecule has 2 nitrogen and oxygen atoms in total. The first-order chi connectivity index (χ1) is 10.1. The largest absolute Gasteiger partial charge is 0.365 e. The van der Waals surface area contributed by atoms with Gasteiger partial charge in [-0.1, -0.05) is 44.0 Å². The van der Waals surface area contributed by atoms with Crippen LogP contribution < -0.4 is 5.32 Å².